The van der Waals surface area contributed by atoms with Crippen LogP contribution in [-0.4, -0.2) is 19.8 Å². The molecule has 6 heteroatoms. The summed E-state index contributed by atoms with van der Waals surface area (Å²) >= 11 is 0. The fourth-order valence-electron chi connectivity index (χ4n) is 3.92. The molecule has 0 aliphatic heterocycles. The van der Waals surface area contributed by atoms with Crippen LogP contribution in [0.2, 0.25) is 9.95 Å². The van der Waals surface area contributed by atoms with Gasteiger partial charge in [-0.2, -0.15) is 0 Å². The van der Waals surface area contributed by atoms with E-state index >= 15 is 0 Å². The Morgan fingerprint density at radius 1 is 1.05 bits per heavy atom. The van der Waals surface area contributed by atoms with Crippen LogP contribution in [0, 0.1) is 0 Å². The van der Waals surface area contributed by atoms with Crippen LogP contribution in [0.25, 0.3) is 11.1 Å². The number of rotatable bonds is 3. The van der Waals surface area contributed by atoms with Crippen molar-refractivity contribution in [3.8, 4) is 11.1 Å². The van der Waals surface area contributed by atoms with Crippen molar-refractivity contribution in [2.45, 2.75) is 14.2 Å². The first-order valence-electron chi connectivity index (χ1n) is 7.52. The van der Waals surface area contributed by atoms with Gasteiger partial charge in [-0.15, -0.1) is 0 Å². The van der Waals surface area contributed by atoms with Gasteiger partial charge in [-0.05, 0) is 0 Å². The van der Waals surface area contributed by atoms with Gasteiger partial charge in [0.05, 0.1) is 0 Å². The van der Waals surface area contributed by atoms with Gasteiger partial charge in [0.2, 0.25) is 0 Å². The van der Waals surface area contributed by atoms with Crippen molar-refractivity contribution in [3.63, 3.8) is 0 Å². The number of benzene rings is 2. The second-order valence-corrected chi connectivity index (χ2v) is 57.1. The summed E-state index contributed by atoms with van der Waals surface area (Å²) in [6, 6.07) is 15.7. The number of aliphatic hydroxyl groups excluding tert-OH is 1. The van der Waals surface area contributed by atoms with E-state index in [0.717, 1.165) is 22.3 Å². The predicted molar refractivity (Wildman–Crippen MR) is 93.8 cm³/mol. The van der Waals surface area contributed by atoms with Crippen molar-refractivity contribution in [1.82, 2.24) is 0 Å². The molecule has 0 radical (unpaired) electrons. The quantitative estimate of drug-likeness (QED) is 0.806. The van der Waals surface area contributed by atoms with Crippen molar-refractivity contribution in [2.24, 2.45) is 0 Å². The summed E-state index contributed by atoms with van der Waals surface area (Å²) in [6.45, 7) is -0.284. The van der Waals surface area contributed by atoms with Gasteiger partial charge in [-0.25, -0.2) is 0 Å². The topological polar surface area (TPSA) is 37.3 Å². The summed E-state index contributed by atoms with van der Waals surface area (Å²) in [6.07, 6.45) is 0. The molecule has 0 fully saturated rings. The number of hydrogen-bond donors (Lipinski definition) is 1. The molecule has 1 N–H and O–H groups in total. The zero-order chi connectivity index (χ0) is 16.3. The van der Waals surface area contributed by atoms with Gasteiger partial charge in [0.1, 0.15) is 0 Å². The van der Waals surface area contributed by atoms with Crippen LogP contribution in [0.15, 0.2) is 48.5 Å². The maximum atomic E-state index is 14.4. The second-order valence-electron chi connectivity index (χ2n) is 8.21. The van der Waals surface area contributed by atoms with Crippen LogP contribution in [0.3, 0.4) is 0 Å². The van der Waals surface area contributed by atoms with E-state index in [9.17, 15) is 8.43 Å². The summed E-state index contributed by atoms with van der Waals surface area (Å²) in [7, 11) is 7.87. The second kappa shape index (κ2) is 3.85. The van der Waals surface area contributed by atoms with E-state index in [1.54, 1.807) is 0 Å². The van der Waals surface area contributed by atoms with Gasteiger partial charge in [-0.1, -0.05) is 0 Å². The van der Waals surface area contributed by atoms with E-state index in [-0.39, 0.29) is 19.4 Å². The molecule has 118 valence electrons. The Balaban J connectivity index is 2.46. The SMILES string of the molecule is [CH3][Ti](=[O])([SiH3])([Cl])([Cl])([CH2]CO)[CH]1c2ccccc2-c2ccccc21. The molecule has 0 atom stereocenters. The zero-order valence-electron chi connectivity index (χ0n) is 12.7. The van der Waals surface area contributed by atoms with Crippen molar-refractivity contribution in [3.05, 3.63) is 59.7 Å². The van der Waals surface area contributed by atoms with Gasteiger partial charge in [0, 0.05) is 0 Å². The molecule has 0 spiro atoms. The molecular formula is C16H20Cl2O2SiTi. The molecular weight excluding hydrogens is 371 g/mol. The molecule has 0 aromatic heterocycles. The van der Waals surface area contributed by atoms with Crippen molar-refractivity contribution >= 4 is 26.7 Å². The van der Waals surface area contributed by atoms with Crippen LogP contribution < -0.4 is 0 Å². The van der Waals surface area contributed by atoms with E-state index in [1.165, 1.54) is 5.23 Å². The van der Waals surface area contributed by atoms with E-state index in [4.69, 9.17) is 18.6 Å². The predicted octanol–water partition coefficient (Wildman–Crippen LogP) is 3.91. The molecule has 0 bridgehead atoms. The monoisotopic (exact) mass is 390 g/mol. The van der Waals surface area contributed by atoms with Crippen molar-refractivity contribution in [1.29, 1.82) is 0 Å². The summed E-state index contributed by atoms with van der Waals surface area (Å²) in [5.41, 5.74) is 3.87. The minimum absolute atomic E-state index is 0.0688. The fraction of sp³-hybridized carbons (Fsp3) is 0.250. The number of aliphatic hydroxyl groups is 1. The van der Waals surface area contributed by atoms with Gasteiger partial charge in [0.25, 0.3) is 0 Å². The van der Waals surface area contributed by atoms with Crippen LogP contribution >= 0.6 is 18.6 Å². The zero-order valence-corrected chi connectivity index (χ0v) is 17.8. The molecule has 0 amide bonds. The van der Waals surface area contributed by atoms with Crippen LogP contribution in [-0.2, 0) is 13.2 Å². The average Bonchev–Trinajstić information content (AvgIpc) is 2.72. The standard InChI is InChI=1S/C13H9.C2H5O.CH3.2ClH.O.H3Si.Ti/c1-3-7-12-10(5-1)9-11-6-2-4-8-13(11)12;1-2-3;;;;;;/h1-9H;3H,1-2H2;1H3;2*1H;;1H3;/q;;;;;;;+2/p-2. The number of halogens is 2. The molecule has 1 aliphatic carbocycles. The first-order chi connectivity index (χ1) is 9.88. The molecule has 2 aromatic rings. The van der Waals surface area contributed by atoms with Gasteiger partial charge < -0.3 is 0 Å². The van der Waals surface area contributed by atoms with Crippen LogP contribution in [0.4, 0.5) is 0 Å². The first kappa shape index (κ1) is 16.6. The van der Waals surface area contributed by atoms with E-state index in [0.29, 0.717) is 0 Å². The average molecular weight is 391 g/mol. The Bertz CT molecular complexity index is 850. The van der Waals surface area contributed by atoms with Crippen molar-refractivity contribution in [2.75, 3.05) is 6.61 Å². The van der Waals surface area contributed by atoms with E-state index in [2.05, 4.69) is 0 Å². The first-order valence-corrected chi connectivity index (χ1v) is 21.7. The molecule has 2 nitrogen and oxygen atoms in total. The molecule has 0 heterocycles. The summed E-state index contributed by atoms with van der Waals surface area (Å²) < 4.78 is 13.7. The third-order valence-corrected chi connectivity index (χ3v) is 20.5. The Morgan fingerprint density at radius 3 is 1.86 bits per heavy atom. The number of fused-ring (bicyclic) bond motifs is 3. The summed E-state index contributed by atoms with van der Waals surface area (Å²) in [4.78, 5) is 0. The summed E-state index contributed by atoms with van der Waals surface area (Å²) in [5.74, 6) is 0. The number of hydrogen-bond acceptors (Lipinski definition) is 2. The van der Waals surface area contributed by atoms with E-state index in [1.807, 2.05) is 48.5 Å². The molecule has 1 aliphatic rings. The third kappa shape index (κ3) is 2.48. The Kier molecular flexibility index (Phi) is 2.90. The molecule has 22 heavy (non-hydrogen) atoms. The normalized spacial score (nSPS) is 19.5. The van der Waals surface area contributed by atoms with Crippen molar-refractivity contribution < 1.29 is 18.3 Å². The molecule has 2 aromatic carbocycles. The Morgan fingerprint density at radius 2 is 1.45 bits per heavy atom. The summed E-state index contributed by atoms with van der Waals surface area (Å²) in [5, 5.41) is 11.1. The van der Waals surface area contributed by atoms with Gasteiger partial charge in [-0.3, -0.25) is 0 Å². The van der Waals surface area contributed by atoms with E-state index < -0.39 is 14.1 Å². The van der Waals surface area contributed by atoms with Crippen LogP contribution in [0.5, 0.6) is 0 Å². The Hall–Kier alpha value is -0.289. The molecule has 0 saturated carbocycles. The van der Waals surface area contributed by atoms with Gasteiger partial charge in [0.15, 0.2) is 0 Å². The molecule has 0 unspecified atom stereocenters. The maximum absolute atomic E-state index is 14.4. The van der Waals surface area contributed by atoms with Crippen LogP contribution in [0.1, 0.15) is 15.3 Å². The molecule has 3 rings (SSSR count). The Labute approximate surface area is 136 Å². The molecule has 0 saturated heterocycles. The minimum atomic E-state index is -6.14. The fourth-order valence-corrected chi connectivity index (χ4v) is 16.3. The van der Waals surface area contributed by atoms with Gasteiger partial charge >= 0.3 is 137 Å². The third-order valence-electron chi connectivity index (χ3n) is 5.00.